The van der Waals surface area contributed by atoms with Gasteiger partial charge in [0.1, 0.15) is 0 Å². The van der Waals surface area contributed by atoms with Crippen LogP contribution in [0.4, 0.5) is 0 Å². The van der Waals surface area contributed by atoms with Crippen LogP contribution in [0.1, 0.15) is 0 Å². The molecule has 10 heavy (non-hydrogen) atoms. The normalized spacial score (nSPS) is 21.7. The van der Waals surface area contributed by atoms with Gasteiger partial charge in [-0.2, -0.15) is 0 Å². The minimum atomic E-state index is -0.740. The Bertz CT molecular complexity index is 138. The molecule has 0 amide bonds. The number of nitrogens with zero attached hydrogens (tertiary/aromatic N) is 2. The van der Waals surface area contributed by atoms with Crippen molar-refractivity contribution in [3.63, 3.8) is 0 Å². The second kappa shape index (κ2) is 2.98. The lowest BCUT2D eigenvalue weighted by atomic mass is 10.5. The van der Waals surface area contributed by atoms with Gasteiger partial charge in [0.25, 0.3) is 0 Å². The highest BCUT2D eigenvalue weighted by molar-refractivity contribution is 5.69. The summed E-state index contributed by atoms with van der Waals surface area (Å²) < 4.78 is 0. The Morgan fingerprint density at radius 2 is 2.30 bits per heavy atom. The molecule has 0 bridgehead atoms. The van der Waals surface area contributed by atoms with Crippen LogP contribution in [0.5, 0.6) is 0 Å². The van der Waals surface area contributed by atoms with Crippen LogP contribution < -0.4 is 0 Å². The van der Waals surface area contributed by atoms with Crippen molar-refractivity contribution in [3.05, 3.63) is 0 Å². The largest absolute Gasteiger partial charge is 0.480 e. The second-order valence-electron chi connectivity index (χ2n) is 2.67. The molecule has 0 unspecified atom stereocenters. The maximum Gasteiger partial charge on any atom is 0.317 e. The zero-order valence-corrected chi connectivity index (χ0v) is 6.08. The summed E-state index contributed by atoms with van der Waals surface area (Å²) >= 11 is 0. The number of hydrogen-bond donors (Lipinski definition) is 1. The molecule has 0 aliphatic carbocycles. The number of carboxylic acids is 1. The van der Waals surface area contributed by atoms with Crippen molar-refractivity contribution >= 4 is 5.97 Å². The summed E-state index contributed by atoms with van der Waals surface area (Å²) in [4.78, 5) is 14.2. The second-order valence-corrected chi connectivity index (χ2v) is 2.67. The van der Waals surface area contributed by atoms with Crippen molar-refractivity contribution in [2.24, 2.45) is 0 Å². The molecule has 0 aromatic carbocycles. The molecule has 4 nitrogen and oxygen atoms in total. The fourth-order valence-corrected chi connectivity index (χ4v) is 1.12. The van der Waals surface area contributed by atoms with E-state index in [1.165, 1.54) is 0 Å². The third-order valence-corrected chi connectivity index (χ3v) is 1.60. The van der Waals surface area contributed by atoms with Gasteiger partial charge in [0.05, 0.1) is 13.2 Å². The molecule has 0 spiro atoms. The van der Waals surface area contributed by atoms with Gasteiger partial charge in [-0.15, -0.1) is 0 Å². The predicted molar refractivity (Wildman–Crippen MR) is 36.7 cm³/mol. The van der Waals surface area contributed by atoms with Crippen LogP contribution >= 0.6 is 0 Å². The van der Waals surface area contributed by atoms with E-state index in [2.05, 4.69) is 4.90 Å². The Kier molecular flexibility index (Phi) is 2.24. The molecule has 0 saturated carbocycles. The molecular weight excluding hydrogens is 132 g/mol. The maximum atomic E-state index is 10.2. The van der Waals surface area contributed by atoms with Gasteiger partial charge < -0.3 is 5.11 Å². The van der Waals surface area contributed by atoms with E-state index in [-0.39, 0.29) is 6.54 Å². The molecule has 1 rings (SSSR count). The molecule has 0 aromatic heterocycles. The van der Waals surface area contributed by atoms with Crippen LogP contribution in [-0.2, 0) is 4.79 Å². The van der Waals surface area contributed by atoms with Crippen LogP contribution in [0.25, 0.3) is 0 Å². The first-order valence-corrected chi connectivity index (χ1v) is 3.31. The quantitative estimate of drug-likeness (QED) is 0.555. The Morgan fingerprint density at radius 1 is 1.60 bits per heavy atom. The van der Waals surface area contributed by atoms with Crippen molar-refractivity contribution < 1.29 is 9.90 Å². The summed E-state index contributed by atoms with van der Waals surface area (Å²) in [6, 6.07) is 0. The minimum Gasteiger partial charge on any atom is -0.480 e. The molecule has 1 saturated heterocycles. The van der Waals surface area contributed by atoms with E-state index in [4.69, 9.17) is 5.11 Å². The van der Waals surface area contributed by atoms with Gasteiger partial charge in [-0.3, -0.25) is 14.6 Å². The molecule has 1 heterocycles. The Labute approximate surface area is 60.0 Å². The van der Waals surface area contributed by atoms with Crippen molar-refractivity contribution in [2.45, 2.75) is 0 Å². The number of likely N-dealkylation sites (N-methyl/N-ethyl adjacent to an activating group) is 1. The highest BCUT2D eigenvalue weighted by Gasteiger charge is 2.17. The first-order valence-electron chi connectivity index (χ1n) is 3.31. The van der Waals surface area contributed by atoms with Crippen LogP contribution in [0.2, 0.25) is 0 Å². The fraction of sp³-hybridized carbons (Fsp3) is 0.833. The molecule has 1 N–H and O–H groups in total. The van der Waals surface area contributed by atoms with Gasteiger partial charge in [0.2, 0.25) is 0 Å². The Balaban J connectivity index is 2.24. The smallest absolute Gasteiger partial charge is 0.317 e. The van der Waals surface area contributed by atoms with Crippen LogP contribution in [0.3, 0.4) is 0 Å². The molecule has 58 valence electrons. The van der Waals surface area contributed by atoms with Crippen molar-refractivity contribution in [1.29, 1.82) is 0 Å². The van der Waals surface area contributed by atoms with Crippen LogP contribution in [0, 0.1) is 0 Å². The third-order valence-electron chi connectivity index (χ3n) is 1.60. The number of rotatable bonds is 2. The summed E-state index contributed by atoms with van der Waals surface area (Å²) in [6.45, 7) is 2.81. The fourth-order valence-electron chi connectivity index (χ4n) is 1.12. The average Bonchev–Trinajstić information content (AvgIpc) is 2.13. The summed E-state index contributed by atoms with van der Waals surface area (Å²) in [5.41, 5.74) is 0. The number of carbonyl (C=O) groups is 1. The van der Waals surface area contributed by atoms with E-state index in [1.54, 1.807) is 0 Å². The summed E-state index contributed by atoms with van der Waals surface area (Å²) in [7, 11) is 1.99. The molecule has 0 radical (unpaired) electrons. The molecule has 4 heteroatoms. The predicted octanol–water partition coefficient (Wildman–Crippen LogP) is -0.724. The Morgan fingerprint density at radius 3 is 2.70 bits per heavy atom. The lowest BCUT2D eigenvalue weighted by Crippen LogP contribution is -2.28. The van der Waals surface area contributed by atoms with Gasteiger partial charge >= 0.3 is 5.97 Å². The van der Waals surface area contributed by atoms with E-state index in [1.807, 2.05) is 11.9 Å². The minimum absolute atomic E-state index is 0.171. The molecule has 1 aliphatic heterocycles. The lowest BCUT2D eigenvalue weighted by molar-refractivity contribution is -0.138. The summed E-state index contributed by atoms with van der Waals surface area (Å²) in [5.74, 6) is -0.740. The Hall–Kier alpha value is -0.610. The highest BCUT2D eigenvalue weighted by atomic mass is 16.4. The standard InChI is InChI=1S/C6H12N2O2/c1-7-2-3-8(5-7)4-6(9)10/h2-5H2,1H3,(H,9,10). The van der Waals surface area contributed by atoms with E-state index in [0.717, 1.165) is 19.8 Å². The first kappa shape index (κ1) is 7.50. The summed E-state index contributed by atoms with van der Waals surface area (Å²) in [6.07, 6.45) is 0. The van der Waals surface area contributed by atoms with E-state index >= 15 is 0 Å². The van der Waals surface area contributed by atoms with Gasteiger partial charge in [-0.05, 0) is 7.05 Å². The number of hydrogen-bond acceptors (Lipinski definition) is 3. The van der Waals surface area contributed by atoms with E-state index in [0.29, 0.717) is 0 Å². The zero-order valence-electron chi connectivity index (χ0n) is 6.08. The molecular formula is C6H12N2O2. The highest BCUT2D eigenvalue weighted by Crippen LogP contribution is 1.99. The average molecular weight is 144 g/mol. The lowest BCUT2D eigenvalue weighted by Gasteiger charge is -2.11. The van der Waals surface area contributed by atoms with Gasteiger partial charge in [0.15, 0.2) is 0 Å². The van der Waals surface area contributed by atoms with Gasteiger partial charge in [0, 0.05) is 13.1 Å². The monoisotopic (exact) mass is 144 g/mol. The van der Waals surface area contributed by atoms with E-state index < -0.39 is 5.97 Å². The molecule has 1 fully saturated rings. The molecule has 0 aromatic rings. The van der Waals surface area contributed by atoms with E-state index in [9.17, 15) is 4.79 Å². The zero-order chi connectivity index (χ0) is 7.56. The van der Waals surface area contributed by atoms with Gasteiger partial charge in [-0.1, -0.05) is 0 Å². The topological polar surface area (TPSA) is 43.8 Å². The van der Waals surface area contributed by atoms with Crippen LogP contribution in [-0.4, -0.2) is 54.2 Å². The van der Waals surface area contributed by atoms with Crippen LogP contribution in [0.15, 0.2) is 0 Å². The number of carboxylic acid groups (broad SMARTS) is 1. The van der Waals surface area contributed by atoms with Crippen molar-refractivity contribution in [1.82, 2.24) is 9.80 Å². The SMILES string of the molecule is CN1CCN(CC(=O)O)C1. The molecule has 0 atom stereocenters. The maximum absolute atomic E-state index is 10.2. The first-order chi connectivity index (χ1) is 4.68. The molecule has 1 aliphatic rings. The van der Waals surface area contributed by atoms with Crippen molar-refractivity contribution in [3.8, 4) is 0 Å². The van der Waals surface area contributed by atoms with Crippen molar-refractivity contribution in [2.75, 3.05) is 33.4 Å². The summed E-state index contributed by atoms with van der Waals surface area (Å²) in [5, 5.41) is 8.40. The number of aliphatic carboxylic acids is 1. The van der Waals surface area contributed by atoms with Gasteiger partial charge in [-0.25, -0.2) is 0 Å². The third kappa shape index (κ3) is 1.97.